The van der Waals surface area contributed by atoms with Gasteiger partial charge in [0.2, 0.25) is 5.91 Å². The summed E-state index contributed by atoms with van der Waals surface area (Å²) in [5.41, 5.74) is 6.86. The molecule has 1 aromatic rings. The molecule has 0 aromatic carbocycles. The van der Waals surface area contributed by atoms with Crippen LogP contribution < -0.4 is 11.1 Å². The largest absolute Gasteiger partial charge is 0.380 e. The first-order valence-corrected chi connectivity index (χ1v) is 5.59. The van der Waals surface area contributed by atoms with Crippen molar-refractivity contribution in [3.05, 3.63) is 23.0 Å². The Kier molecular flexibility index (Phi) is 5.34. The fraction of sp³-hybridized carbons (Fsp3) is 0.455. The standard InChI is InChI=1S/C11H16ClN3O2/c1-7-3-8(6-14-11(7)12)15-10(16)4-9(5-13)17-2/h3,6,9H,4-5,13H2,1-2H3,(H,15,16). The smallest absolute Gasteiger partial charge is 0.227 e. The lowest BCUT2D eigenvalue weighted by Gasteiger charge is -2.12. The number of halogens is 1. The van der Waals surface area contributed by atoms with Gasteiger partial charge in [0.05, 0.1) is 24.4 Å². The van der Waals surface area contributed by atoms with E-state index < -0.39 is 0 Å². The van der Waals surface area contributed by atoms with Gasteiger partial charge in [-0.2, -0.15) is 0 Å². The number of carbonyl (C=O) groups is 1. The van der Waals surface area contributed by atoms with Gasteiger partial charge in [-0.25, -0.2) is 4.98 Å². The number of nitrogens with two attached hydrogens (primary N) is 1. The summed E-state index contributed by atoms with van der Waals surface area (Å²) in [5, 5.41) is 3.14. The van der Waals surface area contributed by atoms with Crippen LogP contribution in [0.15, 0.2) is 12.3 Å². The minimum absolute atomic E-state index is 0.161. The number of rotatable bonds is 5. The fourth-order valence-electron chi connectivity index (χ4n) is 1.31. The molecule has 1 unspecified atom stereocenters. The molecule has 1 rings (SSSR count). The van der Waals surface area contributed by atoms with Crippen LogP contribution in [0.3, 0.4) is 0 Å². The lowest BCUT2D eigenvalue weighted by Crippen LogP contribution is -2.28. The number of anilines is 1. The molecule has 6 heteroatoms. The van der Waals surface area contributed by atoms with Crippen molar-refractivity contribution in [1.82, 2.24) is 4.98 Å². The summed E-state index contributed by atoms with van der Waals surface area (Å²) >= 11 is 5.79. The highest BCUT2D eigenvalue weighted by Crippen LogP contribution is 2.16. The maximum atomic E-state index is 11.6. The topological polar surface area (TPSA) is 77.2 Å². The summed E-state index contributed by atoms with van der Waals surface area (Å²) in [6.07, 6.45) is 1.46. The van der Waals surface area contributed by atoms with Gasteiger partial charge >= 0.3 is 0 Å². The van der Waals surface area contributed by atoms with Crippen LogP contribution in [0.5, 0.6) is 0 Å². The van der Waals surface area contributed by atoms with E-state index in [4.69, 9.17) is 22.1 Å². The summed E-state index contributed by atoms with van der Waals surface area (Å²) in [5.74, 6) is -0.161. The number of pyridine rings is 1. The van der Waals surface area contributed by atoms with Crippen LogP contribution in [-0.2, 0) is 9.53 Å². The van der Waals surface area contributed by atoms with E-state index in [-0.39, 0.29) is 18.4 Å². The quantitative estimate of drug-likeness (QED) is 0.781. The highest BCUT2D eigenvalue weighted by atomic mass is 35.5. The van der Waals surface area contributed by atoms with Gasteiger partial charge in [0.1, 0.15) is 5.15 Å². The van der Waals surface area contributed by atoms with E-state index in [0.29, 0.717) is 17.4 Å². The molecule has 0 aliphatic rings. The van der Waals surface area contributed by atoms with Gasteiger partial charge in [-0.1, -0.05) is 11.6 Å². The number of hydrogen-bond donors (Lipinski definition) is 2. The lowest BCUT2D eigenvalue weighted by molar-refractivity contribution is -0.118. The molecule has 1 amide bonds. The van der Waals surface area contributed by atoms with Crippen molar-refractivity contribution < 1.29 is 9.53 Å². The summed E-state index contributed by atoms with van der Waals surface area (Å²) in [6.45, 7) is 2.13. The molecule has 0 aliphatic heterocycles. The summed E-state index contributed by atoms with van der Waals surface area (Å²) in [7, 11) is 1.53. The number of methoxy groups -OCH3 is 1. The number of nitrogens with one attached hydrogen (secondary N) is 1. The first-order chi connectivity index (χ1) is 8.06. The van der Waals surface area contributed by atoms with Gasteiger partial charge in [0.25, 0.3) is 0 Å². The molecular weight excluding hydrogens is 242 g/mol. The molecule has 5 nitrogen and oxygen atoms in total. The van der Waals surface area contributed by atoms with Crippen molar-refractivity contribution >= 4 is 23.2 Å². The van der Waals surface area contributed by atoms with Gasteiger partial charge in [-0.05, 0) is 18.6 Å². The molecule has 0 spiro atoms. The van der Waals surface area contributed by atoms with Crippen LogP contribution >= 0.6 is 11.6 Å². The number of carbonyl (C=O) groups excluding carboxylic acids is 1. The van der Waals surface area contributed by atoms with Crippen molar-refractivity contribution in [2.45, 2.75) is 19.4 Å². The Morgan fingerprint density at radius 2 is 2.41 bits per heavy atom. The molecule has 94 valence electrons. The van der Waals surface area contributed by atoms with Crippen molar-refractivity contribution in [3.63, 3.8) is 0 Å². The zero-order valence-corrected chi connectivity index (χ0v) is 10.6. The summed E-state index contributed by atoms with van der Waals surface area (Å²) in [6, 6.07) is 1.76. The zero-order chi connectivity index (χ0) is 12.8. The molecule has 17 heavy (non-hydrogen) atoms. The fourth-order valence-corrected chi connectivity index (χ4v) is 1.41. The van der Waals surface area contributed by atoms with Crippen LogP contribution in [0.25, 0.3) is 0 Å². The average Bonchev–Trinajstić information content (AvgIpc) is 2.31. The maximum Gasteiger partial charge on any atom is 0.227 e. The molecule has 0 aliphatic carbocycles. The summed E-state index contributed by atoms with van der Waals surface area (Å²) in [4.78, 5) is 15.6. The van der Waals surface area contributed by atoms with Crippen molar-refractivity contribution in [3.8, 4) is 0 Å². The zero-order valence-electron chi connectivity index (χ0n) is 9.87. The maximum absolute atomic E-state index is 11.6. The van der Waals surface area contributed by atoms with Gasteiger partial charge in [0.15, 0.2) is 0 Å². The third-order valence-electron chi connectivity index (χ3n) is 2.31. The van der Waals surface area contributed by atoms with Crippen LogP contribution in [0, 0.1) is 6.92 Å². The monoisotopic (exact) mass is 257 g/mol. The first-order valence-electron chi connectivity index (χ1n) is 5.21. The molecule has 1 heterocycles. The Morgan fingerprint density at radius 1 is 1.71 bits per heavy atom. The van der Waals surface area contributed by atoms with E-state index in [9.17, 15) is 4.79 Å². The van der Waals surface area contributed by atoms with Gasteiger partial charge < -0.3 is 15.8 Å². The minimum atomic E-state index is -0.267. The normalized spacial score (nSPS) is 12.2. The number of aromatic nitrogens is 1. The van der Waals surface area contributed by atoms with Crippen LogP contribution in [0.4, 0.5) is 5.69 Å². The molecular formula is C11H16ClN3O2. The van der Waals surface area contributed by atoms with E-state index in [1.165, 1.54) is 13.3 Å². The third-order valence-corrected chi connectivity index (χ3v) is 2.70. The Labute approximate surface area is 105 Å². The minimum Gasteiger partial charge on any atom is -0.380 e. The van der Waals surface area contributed by atoms with E-state index in [1.807, 2.05) is 6.92 Å². The van der Waals surface area contributed by atoms with Gasteiger partial charge in [0, 0.05) is 13.7 Å². The molecule has 0 radical (unpaired) electrons. The molecule has 1 aromatic heterocycles. The lowest BCUT2D eigenvalue weighted by atomic mass is 10.2. The molecule has 0 saturated carbocycles. The number of amides is 1. The second-order valence-electron chi connectivity index (χ2n) is 3.68. The Balaban J connectivity index is 2.58. The number of hydrogen-bond acceptors (Lipinski definition) is 4. The number of ether oxygens (including phenoxy) is 1. The van der Waals surface area contributed by atoms with Crippen LogP contribution in [0.1, 0.15) is 12.0 Å². The predicted molar refractivity (Wildman–Crippen MR) is 67.1 cm³/mol. The Hall–Kier alpha value is -1.17. The first kappa shape index (κ1) is 13.9. The molecule has 0 bridgehead atoms. The third kappa shape index (κ3) is 4.30. The van der Waals surface area contributed by atoms with Crippen LogP contribution in [-0.4, -0.2) is 30.6 Å². The van der Waals surface area contributed by atoms with Gasteiger partial charge in [-0.15, -0.1) is 0 Å². The van der Waals surface area contributed by atoms with E-state index in [2.05, 4.69) is 10.3 Å². The highest BCUT2D eigenvalue weighted by molar-refractivity contribution is 6.30. The van der Waals surface area contributed by atoms with Crippen molar-refractivity contribution in [2.75, 3.05) is 19.0 Å². The summed E-state index contributed by atoms with van der Waals surface area (Å²) < 4.78 is 5.03. The number of aryl methyl sites for hydroxylation is 1. The average molecular weight is 258 g/mol. The Morgan fingerprint density at radius 3 is 2.94 bits per heavy atom. The van der Waals surface area contributed by atoms with Crippen molar-refractivity contribution in [1.29, 1.82) is 0 Å². The molecule has 0 saturated heterocycles. The highest BCUT2D eigenvalue weighted by Gasteiger charge is 2.11. The van der Waals surface area contributed by atoms with E-state index in [0.717, 1.165) is 5.56 Å². The van der Waals surface area contributed by atoms with Crippen LogP contribution in [0.2, 0.25) is 5.15 Å². The van der Waals surface area contributed by atoms with E-state index >= 15 is 0 Å². The number of nitrogens with zero attached hydrogens (tertiary/aromatic N) is 1. The molecule has 0 fully saturated rings. The SMILES string of the molecule is COC(CN)CC(=O)Nc1cnc(Cl)c(C)c1. The second-order valence-corrected chi connectivity index (χ2v) is 4.04. The van der Waals surface area contributed by atoms with E-state index in [1.54, 1.807) is 6.07 Å². The molecule has 1 atom stereocenters. The predicted octanol–water partition coefficient (Wildman–Crippen LogP) is 1.35. The molecule has 3 N–H and O–H groups in total. The van der Waals surface area contributed by atoms with Crippen molar-refractivity contribution in [2.24, 2.45) is 5.73 Å². The Bertz CT molecular complexity index is 394. The second kappa shape index (κ2) is 6.54. The van der Waals surface area contributed by atoms with Gasteiger partial charge in [-0.3, -0.25) is 4.79 Å².